The highest BCUT2D eigenvalue weighted by molar-refractivity contribution is 7.18. The number of aromatic nitrogens is 1. The second kappa shape index (κ2) is 11.6. The van der Waals surface area contributed by atoms with Crippen molar-refractivity contribution in [3.8, 4) is 5.75 Å². The lowest BCUT2D eigenvalue weighted by molar-refractivity contribution is 0.266. The van der Waals surface area contributed by atoms with Gasteiger partial charge in [-0.2, -0.15) is 0 Å². The van der Waals surface area contributed by atoms with Crippen molar-refractivity contribution in [3.63, 3.8) is 0 Å². The van der Waals surface area contributed by atoms with E-state index in [9.17, 15) is 0 Å². The number of thiazole rings is 1. The molecule has 0 aliphatic rings. The van der Waals surface area contributed by atoms with Crippen LogP contribution in [0.15, 0.2) is 42.5 Å². The molecule has 0 aliphatic heterocycles. The minimum absolute atomic E-state index is 0. The van der Waals surface area contributed by atoms with Crippen molar-refractivity contribution in [2.75, 3.05) is 26.2 Å². The summed E-state index contributed by atoms with van der Waals surface area (Å²) in [6.45, 7) is 8.59. The number of rotatable bonds is 10. The highest BCUT2D eigenvalue weighted by Gasteiger charge is 2.07. The molecule has 3 rings (SSSR count). The molecule has 3 aromatic rings. The van der Waals surface area contributed by atoms with Gasteiger partial charge in [-0.15, -0.1) is 23.7 Å². The number of hydrogen-bond acceptors (Lipinski definition) is 4. The van der Waals surface area contributed by atoms with Crippen LogP contribution in [0.1, 0.15) is 37.3 Å². The van der Waals surface area contributed by atoms with E-state index < -0.39 is 0 Å². The summed E-state index contributed by atoms with van der Waals surface area (Å²) >= 11 is 7.69. The first-order chi connectivity index (χ1) is 13.2. The first-order valence-corrected chi connectivity index (χ1v) is 10.9. The van der Waals surface area contributed by atoms with Crippen molar-refractivity contribution >= 4 is 45.6 Å². The van der Waals surface area contributed by atoms with Gasteiger partial charge in [0.1, 0.15) is 5.75 Å². The number of unbranched alkanes of at least 4 members (excludes halogenated alkanes) is 1. The maximum atomic E-state index is 5.96. The van der Waals surface area contributed by atoms with Crippen LogP contribution < -0.4 is 4.74 Å². The molecule has 0 amide bonds. The van der Waals surface area contributed by atoms with Crippen molar-refractivity contribution in [2.45, 2.75) is 33.1 Å². The molecule has 0 unspecified atom stereocenters. The van der Waals surface area contributed by atoms with Gasteiger partial charge in [0.2, 0.25) is 0 Å². The van der Waals surface area contributed by atoms with Crippen molar-refractivity contribution in [2.24, 2.45) is 0 Å². The number of hydrogen-bond donors (Lipinski definition) is 0. The summed E-state index contributed by atoms with van der Waals surface area (Å²) in [5.74, 6) is 0.937. The molecule has 6 heteroatoms. The van der Waals surface area contributed by atoms with Crippen molar-refractivity contribution in [3.05, 3.63) is 58.1 Å². The lowest BCUT2D eigenvalue weighted by Gasteiger charge is -2.17. The van der Waals surface area contributed by atoms with E-state index in [0.29, 0.717) is 0 Å². The molecular formula is C22H28Cl2N2OS. The number of fused-ring (bicyclic) bond motifs is 1. The van der Waals surface area contributed by atoms with Crippen LogP contribution in [0.5, 0.6) is 5.75 Å². The van der Waals surface area contributed by atoms with Crippen molar-refractivity contribution < 1.29 is 4.74 Å². The van der Waals surface area contributed by atoms with Gasteiger partial charge in [-0.1, -0.05) is 37.6 Å². The van der Waals surface area contributed by atoms with Crippen LogP contribution in [0.25, 0.3) is 10.2 Å². The highest BCUT2D eigenvalue weighted by atomic mass is 35.5. The molecule has 0 spiro atoms. The first-order valence-electron chi connectivity index (χ1n) is 9.67. The second-order valence-electron chi connectivity index (χ2n) is 6.62. The summed E-state index contributed by atoms with van der Waals surface area (Å²) in [7, 11) is 0. The summed E-state index contributed by atoms with van der Waals surface area (Å²) in [5.41, 5.74) is 2.26. The molecule has 0 atom stereocenters. The zero-order valence-electron chi connectivity index (χ0n) is 16.5. The minimum Gasteiger partial charge on any atom is -0.494 e. The maximum Gasteiger partial charge on any atom is 0.120 e. The molecule has 0 saturated heterocycles. The molecule has 2 aromatic carbocycles. The second-order valence-corrected chi connectivity index (χ2v) is 8.17. The van der Waals surface area contributed by atoms with Gasteiger partial charge in [0.15, 0.2) is 0 Å². The number of benzene rings is 2. The molecule has 3 nitrogen and oxygen atoms in total. The van der Waals surface area contributed by atoms with Gasteiger partial charge in [-0.05, 0) is 68.4 Å². The van der Waals surface area contributed by atoms with Gasteiger partial charge < -0.3 is 9.64 Å². The summed E-state index contributed by atoms with van der Waals surface area (Å²) in [5, 5.41) is 1.88. The maximum absolute atomic E-state index is 5.96. The summed E-state index contributed by atoms with van der Waals surface area (Å²) in [6, 6.07) is 14.2. The number of halogens is 2. The largest absolute Gasteiger partial charge is 0.494 e. The van der Waals surface area contributed by atoms with Gasteiger partial charge in [-0.3, -0.25) is 0 Å². The van der Waals surface area contributed by atoms with E-state index in [4.69, 9.17) is 21.3 Å². The Labute approximate surface area is 183 Å². The summed E-state index contributed by atoms with van der Waals surface area (Å²) in [6.07, 6.45) is 3.09. The lowest BCUT2D eigenvalue weighted by atomic mass is 10.2. The van der Waals surface area contributed by atoms with Crippen LogP contribution in [0, 0.1) is 0 Å². The Balaban J connectivity index is 0.00000280. The van der Waals surface area contributed by atoms with E-state index in [2.05, 4.69) is 43.0 Å². The van der Waals surface area contributed by atoms with E-state index in [1.807, 2.05) is 18.2 Å². The first kappa shape index (κ1) is 23.0. The monoisotopic (exact) mass is 438 g/mol. The molecule has 0 fully saturated rings. The molecule has 1 heterocycles. The molecule has 152 valence electrons. The lowest BCUT2D eigenvalue weighted by Crippen LogP contribution is -2.24. The molecule has 0 N–H and O–H groups in total. The van der Waals surface area contributed by atoms with E-state index >= 15 is 0 Å². The molecular weight excluding hydrogens is 411 g/mol. The quantitative estimate of drug-likeness (QED) is 0.339. The topological polar surface area (TPSA) is 25.4 Å². The fraction of sp³-hybridized carbons (Fsp3) is 0.409. The van der Waals surface area contributed by atoms with Crippen molar-refractivity contribution in [1.29, 1.82) is 0 Å². The van der Waals surface area contributed by atoms with Crippen LogP contribution in [0.3, 0.4) is 0 Å². The van der Waals surface area contributed by atoms with Crippen LogP contribution in [0.2, 0.25) is 5.02 Å². The normalized spacial score (nSPS) is 11.0. The summed E-state index contributed by atoms with van der Waals surface area (Å²) < 4.78 is 7.13. The Bertz CT molecular complexity index is 847. The third-order valence-corrected chi connectivity index (χ3v) is 5.97. The average Bonchev–Trinajstić information content (AvgIpc) is 3.08. The van der Waals surface area contributed by atoms with E-state index in [0.717, 1.165) is 60.4 Å². The van der Waals surface area contributed by atoms with Gasteiger partial charge in [0.25, 0.3) is 0 Å². The van der Waals surface area contributed by atoms with Crippen LogP contribution in [-0.2, 0) is 6.42 Å². The van der Waals surface area contributed by atoms with Gasteiger partial charge in [0.05, 0.1) is 21.8 Å². The Morgan fingerprint density at radius 1 is 1.04 bits per heavy atom. The third kappa shape index (κ3) is 6.63. The van der Waals surface area contributed by atoms with Gasteiger partial charge >= 0.3 is 0 Å². The Kier molecular flexibility index (Phi) is 9.52. The molecule has 0 aliphatic carbocycles. The van der Waals surface area contributed by atoms with Crippen LogP contribution in [-0.4, -0.2) is 36.1 Å². The highest BCUT2D eigenvalue weighted by Crippen LogP contribution is 2.28. The Morgan fingerprint density at radius 2 is 1.79 bits per heavy atom. The average molecular weight is 439 g/mol. The third-order valence-electron chi connectivity index (χ3n) is 4.70. The summed E-state index contributed by atoms with van der Waals surface area (Å²) in [4.78, 5) is 7.19. The predicted octanol–water partition coefficient (Wildman–Crippen LogP) is 6.46. The van der Waals surface area contributed by atoms with Crippen LogP contribution in [0.4, 0.5) is 0 Å². The van der Waals surface area contributed by atoms with Gasteiger partial charge in [0, 0.05) is 11.4 Å². The smallest absolute Gasteiger partial charge is 0.120 e. The van der Waals surface area contributed by atoms with Gasteiger partial charge in [-0.25, -0.2) is 4.98 Å². The predicted molar refractivity (Wildman–Crippen MR) is 124 cm³/mol. The minimum atomic E-state index is 0. The van der Waals surface area contributed by atoms with E-state index in [1.54, 1.807) is 11.3 Å². The van der Waals surface area contributed by atoms with E-state index in [1.165, 1.54) is 16.7 Å². The Morgan fingerprint density at radius 3 is 2.50 bits per heavy atom. The Hall–Kier alpha value is -1.33. The molecule has 0 radical (unpaired) electrons. The van der Waals surface area contributed by atoms with Crippen molar-refractivity contribution in [1.82, 2.24) is 9.88 Å². The fourth-order valence-corrected chi connectivity index (χ4v) is 4.22. The zero-order chi connectivity index (χ0) is 19.1. The molecule has 0 saturated carbocycles. The number of ether oxygens (including phenoxy) is 1. The fourth-order valence-electron chi connectivity index (χ4n) is 3.06. The zero-order valence-corrected chi connectivity index (χ0v) is 18.9. The molecule has 28 heavy (non-hydrogen) atoms. The molecule has 1 aromatic heterocycles. The number of nitrogens with zero attached hydrogens (tertiary/aromatic N) is 2. The SMILES string of the molecule is CCN(CC)CCCCOc1ccc2nc(Cc3ccc(Cl)cc3)sc2c1.Cl. The van der Waals surface area contributed by atoms with Crippen LogP contribution >= 0.6 is 35.3 Å². The van der Waals surface area contributed by atoms with E-state index in [-0.39, 0.29) is 12.4 Å². The molecule has 0 bridgehead atoms. The standard InChI is InChI=1S/C22H27ClN2OS.ClH/c1-3-25(4-2)13-5-6-14-26-19-11-12-20-21(16-19)27-22(24-20)15-17-7-9-18(23)10-8-17;/h7-12,16H,3-6,13-15H2,1-2H3;1H.